The van der Waals surface area contributed by atoms with Gasteiger partial charge in [0.1, 0.15) is 0 Å². The van der Waals surface area contributed by atoms with E-state index in [4.69, 9.17) is 0 Å². The van der Waals surface area contributed by atoms with Gasteiger partial charge in [0.25, 0.3) is 0 Å². The molecule has 1 aromatic carbocycles. The minimum atomic E-state index is -3.46. The number of amides is 2. The average molecular weight is 409 g/mol. The number of rotatable bonds is 5. The zero-order valence-electron chi connectivity index (χ0n) is 14.8. The van der Waals surface area contributed by atoms with E-state index >= 15 is 0 Å². The highest BCUT2D eigenvalue weighted by atomic mass is 32.2. The van der Waals surface area contributed by atoms with Crippen LogP contribution >= 0.6 is 11.3 Å². The van der Waals surface area contributed by atoms with Gasteiger partial charge in [0, 0.05) is 13.5 Å². The Bertz CT molecular complexity index is 973. The van der Waals surface area contributed by atoms with Crippen LogP contribution < -0.4 is 10.0 Å². The van der Waals surface area contributed by atoms with Gasteiger partial charge in [0.15, 0.2) is 0 Å². The molecule has 0 spiro atoms. The third-order valence-electron chi connectivity index (χ3n) is 4.14. The third-order valence-corrected chi connectivity index (χ3v) is 5.59. The number of nitrogens with one attached hydrogen (secondary N) is 2. The molecule has 0 saturated carbocycles. The highest BCUT2D eigenvalue weighted by Crippen LogP contribution is 2.32. The number of hydrogen-bond acceptors (Lipinski definition) is 7. The van der Waals surface area contributed by atoms with Crippen LogP contribution in [-0.2, 0) is 26.0 Å². The summed E-state index contributed by atoms with van der Waals surface area (Å²) >= 11 is 0.918. The molecule has 1 aliphatic heterocycles. The predicted molar refractivity (Wildman–Crippen MR) is 102 cm³/mol. The van der Waals surface area contributed by atoms with E-state index in [2.05, 4.69) is 20.2 Å². The fraction of sp³-hybridized carbons (Fsp3) is 0.375. The quantitative estimate of drug-likeness (QED) is 0.770. The van der Waals surface area contributed by atoms with Gasteiger partial charge in [0.05, 0.1) is 18.7 Å². The number of aromatic nitrogens is 2. The number of benzene rings is 1. The molecule has 9 nitrogen and oxygen atoms in total. The summed E-state index contributed by atoms with van der Waals surface area (Å²) in [6.45, 7) is 2.05. The van der Waals surface area contributed by atoms with Crippen molar-refractivity contribution in [2.45, 2.75) is 25.8 Å². The Balaban J connectivity index is 1.73. The maximum Gasteiger partial charge on any atom is 0.231 e. The summed E-state index contributed by atoms with van der Waals surface area (Å²) in [5, 5.41) is 10.3. The summed E-state index contributed by atoms with van der Waals surface area (Å²) in [4.78, 5) is 26.2. The Morgan fingerprint density at radius 2 is 1.96 bits per heavy atom. The summed E-state index contributed by atoms with van der Waals surface area (Å²) in [5.41, 5.74) is 2.09. The van der Waals surface area contributed by atoms with E-state index in [-0.39, 0.29) is 34.5 Å². The summed E-state index contributed by atoms with van der Waals surface area (Å²) in [6, 6.07) is 7.42. The molecule has 0 bridgehead atoms. The highest BCUT2D eigenvalue weighted by molar-refractivity contribution is 7.92. The van der Waals surface area contributed by atoms with Crippen LogP contribution in [0.5, 0.6) is 0 Å². The summed E-state index contributed by atoms with van der Waals surface area (Å²) < 4.78 is 24.6. The first-order chi connectivity index (χ1) is 12.7. The number of nitrogens with zero attached hydrogens (tertiary/aromatic N) is 3. The van der Waals surface area contributed by atoms with E-state index in [9.17, 15) is 18.0 Å². The Morgan fingerprint density at radius 3 is 2.67 bits per heavy atom. The first-order valence-corrected chi connectivity index (χ1v) is 10.9. The maximum atomic E-state index is 12.5. The van der Waals surface area contributed by atoms with E-state index in [1.54, 1.807) is 4.90 Å². The number of fused-ring (bicyclic) bond motifs is 1. The molecule has 1 unspecified atom stereocenters. The van der Waals surface area contributed by atoms with Crippen molar-refractivity contribution < 1.29 is 18.0 Å². The minimum absolute atomic E-state index is 0.0705. The molecule has 3 rings (SSSR count). The van der Waals surface area contributed by atoms with Crippen LogP contribution in [0.25, 0.3) is 0 Å². The van der Waals surface area contributed by atoms with Crippen molar-refractivity contribution in [3.8, 4) is 0 Å². The normalized spacial score (nSPS) is 16.5. The number of sulfonamides is 1. The lowest BCUT2D eigenvalue weighted by molar-refractivity contribution is -0.132. The van der Waals surface area contributed by atoms with Crippen LogP contribution in [0.2, 0.25) is 0 Å². The zero-order chi connectivity index (χ0) is 19.6. The van der Waals surface area contributed by atoms with E-state index in [0.29, 0.717) is 6.54 Å². The Hall–Kier alpha value is -2.53. The van der Waals surface area contributed by atoms with Crippen molar-refractivity contribution in [1.29, 1.82) is 0 Å². The van der Waals surface area contributed by atoms with Gasteiger partial charge < -0.3 is 10.2 Å². The Labute approximate surface area is 160 Å². The predicted octanol–water partition coefficient (Wildman–Crippen LogP) is 1.38. The molecule has 11 heteroatoms. The van der Waals surface area contributed by atoms with Crippen molar-refractivity contribution in [3.05, 3.63) is 35.4 Å². The topological polar surface area (TPSA) is 121 Å². The summed E-state index contributed by atoms with van der Waals surface area (Å²) in [5.74, 6) is -0.414. The van der Waals surface area contributed by atoms with Crippen LogP contribution in [0.1, 0.15) is 30.5 Å². The highest BCUT2D eigenvalue weighted by Gasteiger charge is 2.30. The number of carbonyl (C=O) groups excluding carboxylic acids is 2. The molecular formula is C16H19N5O4S2. The van der Waals surface area contributed by atoms with Crippen LogP contribution in [0.4, 0.5) is 10.3 Å². The molecule has 1 aromatic heterocycles. The molecule has 144 valence electrons. The monoisotopic (exact) mass is 409 g/mol. The molecule has 2 N–H and O–H groups in total. The molecule has 0 fully saturated rings. The molecular weight excluding hydrogens is 390 g/mol. The van der Waals surface area contributed by atoms with E-state index < -0.39 is 10.0 Å². The molecule has 2 aromatic rings. The lowest BCUT2D eigenvalue weighted by Crippen LogP contribution is -2.40. The van der Waals surface area contributed by atoms with Gasteiger partial charge in [-0.3, -0.25) is 14.3 Å². The van der Waals surface area contributed by atoms with E-state index in [1.165, 1.54) is 6.92 Å². The van der Waals surface area contributed by atoms with Crippen LogP contribution in [-0.4, -0.2) is 48.1 Å². The zero-order valence-corrected chi connectivity index (χ0v) is 16.4. The number of anilines is 2. The van der Waals surface area contributed by atoms with Crippen molar-refractivity contribution in [3.63, 3.8) is 0 Å². The second-order valence-corrected chi connectivity index (χ2v) is 8.94. The molecule has 2 amide bonds. The van der Waals surface area contributed by atoms with Gasteiger partial charge in [0.2, 0.25) is 32.1 Å². The molecule has 2 heterocycles. The molecule has 1 aliphatic rings. The number of hydrogen-bond donors (Lipinski definition) is 2. The maximum absolute atomic E-state index is 12.5. The largest absolute Gasteiger partial charge is 0.335 e. The van der Waals surface area contributed by atoms with Crippen molar-refractivity contribution in [2.24, 2.45) is 0 Å². The van der Waals surface area contributed by atoms with E-state index in [0.717, 1.165) is 35.1 Å². The fourth-order valence-electron chi connectivity index (χ4n) is 3.07. The second-order valence-electron chi connectivity index (χ2n) is 6.22. The fourth-order valence-corrected chi connectivity index (χ4v) is 4.56. The standard InChI is InChI=1S/C16H19N5O4S2/c1-10(22)21-8-7-11-5-3-4-6-12(11)13(21)9-14(23)17-15-18-19-16(26-15)20-27(2,24)25/h3-6,13H,7-9H2,1-2H3,(H,19,20)(H,17,18,23). The van der Waals surface area contributed by atoms with Crippen molar-refractivity contribution in [1.82, 2.24) is 15.1 Å². The Kier molecular flexibility index (Phi) is 5.42. The van der Waals surface area contributed by atoms with Crippen molar-refractivity contribution >= 4 is 43.4 Å². The molecule has 0 radical (unpaired) electrons. The molecule has 27 heavy (non-hydrogen) atoms. The van der Waals surface area contributed by atoms with Crippen LogP contribution in [0.3, 0.4) is 0 Å². The lowest BCUT2D eigenvalue weighted by atomic mass is 9.90. The number of carbonyl (C=O) groups is 2. The van der Waals surface area contributed by atoms with Gasteiger partial charge in [-0.25, -0.2) is 8.42 Å². The summed E-state index contributed by atoms with van der Waals surface area (Å²) in [6.07, 6.45) is 1.83. The third kappa shape index (κ3) is 4.80. The van der Waals surface area contributed by atoms with Gasteiger partial charge >= 0.3 is 0 Å². The first kappa shape index (κ1) is 19.2. The van der Waals surface area contributed by atoms with Gasteiger partial charge in [-0.1, -0.05) is 35.6 Å². The second kappa shape index (κ2) is 7.61. The smallest absolute Gasteiger partial charge is 0.231 e. The Morgan fingerprint density at radius 1 is 1.26 bits per heavy atom. The SMILES string of the molecule is CC(=O)N1CCc2ccccc2C1CC(=O)Nc1nnc(NS(C)(=O)=O)s1. The minimum Gasteiger partial charge on any atom is -0.335 e. The first-order valence-electron chi connectivity index (χ1n) is 8.19. The molecule has 0 aliphatic carbocycles. The van der Waals surface area contributed by atoms with E-state index in [1.807, 2.05) is 24.3 Å². The summed E-state index contributed by atoms with van der Waals surface area (Å²) in [7, 11) is -3.46. The molecule has 1 atom stereocenters. The van der Waals surface area contributed by atoms with Gasteiger partial charge in [-0.05, 0) is 17.5 Å². The average Bonchev–Trinajstić information content (AvgIpc) is 2.99. The van der Waals surface area contributed by atoms with Gasteiger partial charge in [-0.2, -0.15) is 0 Å². The van der Waals surface area contributed by atoms with Crippen molar-refractivity contribution in [2.75, 3.05) is 22.8 Å². The van der Waals surface area contributed by atoms with Crippen LogP contribution in [0.15, 0.2) is 24.3 Å². The lowest BCUT2D eigenvalue weighted by Gasteiger charge is -2.36. The van der Waals surface area contributed by atoms with Crippen LogP contribution in [0, 0.1) is 0 Å². The molecule has 0 saturated heterocycles. The van der Waals surface area contributed by atoms with Gasteiger partial charge in [-0.15, -0.1) is 10.2 Å².